The van der Waals surface area contributed by atoms with Crippen molar-refractivity contribution >= 4 is 17.5 Å². The first kappa shape index (κ1) is 10.3. The average Bonchev–Trinajstić information content (AvgIpc) is 2.35. The Hall–Kier alpha value is -1.84. The van der Waals surface area contributed by atoms with Crippen LogP contribution in [0, 0.1) is 0 Å². The molecule has 0 N–H and O–H groups in total. The van der Waals surface area contributed by atoms with Crippen LogP contribution in [-0.4, -0.2) is 36.3 Å². The van der Waals surface area contributed by atoms with Crippen LogP contribution in [0.25, 0.3) is 0 Å². The normalized spacial score (nSPS) is 23.5. The van der Waals surface area contributed by atoms with Crippen LogP contribution in [0.3, 0.4) is 0 Å². The van der Waals surface area contributed by atoms with Crippen LogP contribution in [0.5, 0.6) is 0 Å². The number of carbonyl (C=O) groups is 2. The molecule has 2 aliphatic rings. The van der Waals surface area contributed by atoms with Crippen molar-refractivity contribution in [3.8, 4) is 0 Å². The summed E-state index contributed by atoms with van der Waals surface area (Å²) in [6.45, 7) is 0.638. The Morgan fingerprint density at radius 2 is 1.94 bits per heavy atom. The lowest BCUT2D eigenvalue weighted by Gasteiger charge is -2.42. The summed E-state index contributed by atoms with van der Waals surface area (Å²) in [6, 6.07) is 7.98. The van der Waals surface area contributed by atoms with E-state index in [-0.39, 0.29) is 6.04 Å². The number of carbonyl (C=O) groups excluding carboxylic acids is 2. The van der Waals surface area contributed by atoms with Crippen LogP contribution in [-0.2, 0) is 16.0 Å². The molecule has 0 saturated carbocycles. The Kier molecular flexibility index (Phi) is 2.18. The number of hydrogen-bond acceptors (Lipinski definition) is 2. The standard InChI is InChI=1S/C13H14N2O2/c1-14-8-10-7-6-9-4-2-3-5-11(9)15(10)13(17)12(14)16/h2-5,10H,6-8H2,1H3/t10-/m1/s1. The van der Waals surface area contributed by atoms with Gasteiger partial charge in [0.2, 0.25) is 0 Å². The van der Waals surface area contributed by atoms with Crippen molar-refractivity contribution < 1.29 is 9.59 Å². The van der Waals surface area contributed by atoms with Crippen molar-refractivity contribution in [2.24, 2.45) is 0 Å². The van der Waals surface area contributed by atoms with Crippen LogP contribution < -0.4 is 4.90 Å². The Labute approximate surface area is 99.8 Å². The lowest BCUT2D eigenvalue weighted by molar-refractivity contribution is -0.146. The molecule has 1 saturated heterocycles. The second-order valence-corrected chi connectivity index (χ2v) is 4.68. The summed E-state index contributed by atoms with van der Waals surface area (Å²) in [5.74, 6) is -0.797. The summed E-state index contributed by atoms with van der Waals surface area (Å²) in [4.78, 5) is 27.0. The highest BCUT2D eigenvalue weighted by atomic mass is 16.2. The van der Waals surface area contributed by atoms with E-state index < -0.39 is 11.8 Å². The van der Waals surface area contributed by atoms with E-state index in [2.05, 4.69) is 0 Å². The summed E-state index contributed by atoms with van der Waals surface area (Å²) in [6.07, 6.45) is 1.91. The van der Waals surface area contributed by atoms with Gasteiger partial charge in [-0.25, -0.2) is 0 Å². The number of fused-ring (bicyclic) bond motifs is 3. The average molecular weight is 230 g/mol. The molecule has 2 aliphatic heterocycles. The summed E-state index contributed by atoms with van der Waals surface area (Å²) in [5.41, 5.74) is 2.07. The zero-order chi connectivity index (χ0) is 12.0. The van der Waals surface area contributed by atoms with E-state index in [0.29, 0.717) is 6.54 Å². The Balaban J connectivity index is 2.06. The predicted octanol–water partition coefficient (Wildman–Crippen LogP) is 0.806. The predicted molar refractivity (Wildman–Crippen MR) is 63.7 cm³/mol. The van der Waals surface area contributed by atoms with Gasteiger partial charge in [0, 0.05) is 19.3 Å². The number of para-hydroxylation sites is 1. The molecule has 0 aromatic heterocycles. The van der Waals surface area contributed by atoms with Crippen molar-refractivity contribution in [1.82, 2.24) is 4.90 Å². The Morgan fingerprint density at radius 3 is 2.76 bits per heavy atom. The van der Waals surface area contributed by atoms with Gasteiger partial charge in [0.25, 0.3) is 0 Å². The molecule has 0 unspecified atom stereocenters. The molecule has 88 valence electrons. The molecule has 4 heteroatoms. The molecule has 1 atom stereocenters. The van der Waals surface area contributed by atoms with Crippen LogP contribution in [0.1, 0.15) is 12.0 Å². The quantitative estimate of drug-likeness (QED) is 0.619. The number of likely N-dealkylation sites (N-methyl/N-ethyl adjacent to an activating group) is 1. The van der Waals surface area contributed by atoms with E-state index in [0.717, 1.165) is 24.1 Å². The number of piperazine rings is 1. The zero-order valence-corrected chi connectivity index (χ0v) is 9.72. The van der Waals surface area contributed by atoms with Crippen molar-refractivity contribution in [1.29, 1.82) is 0 Å². The topological polar surface area (TPSA) is 40.6 Å². The van der Waals surface area contributed by atoms with Gasteiger partial charge in [-0.3, -0.25) is 14.5 Å². The molecule has 2 heterocycles. The molecular formula is C13H14N2O2. The third kappa shape index (κ3) is 1.44. The molecule has 1 aromatic rings. The van der Waals surface area contributed by atoms with Crippen LogP contribution in [0.15, 0.2) is 24.3 Å². The molecule has 2 amide bonds. The number of aryl methyl sites for hydroxylation is 1. The van der Waals surface area contributed by atoms with Crippen molar-refractivity contribution in [3.63, 3.8) is 0 Å². The summed E-state index contributed by atoms with van der Waals surface area (Å²) in [7, 11) is 1.69. The molecule has 17 heavy (non-hydrogen) atoms. The maximum absolute atomic E-state index is 12.1. The lowest BCUT2D eigenvalue weighted by Crippen LogP contribution is -2.60. The molecule has 0 spiro atoms. The van der Waals surface area contributed by atoms with E-state index in [9.17, 15) is 9.59 Å². The molecule has 1 fully saturated rings. The van der Waals surface area contributed by atoms with Gasteiger partial charge in [-0.05, 0) is 24.5 Å². The van der Waals surface area contributed by atoms with Gasteiger partial charge in [-0.1, -0.05) is 18.2 Å². The van der Waals surface area contributed by atoms with Crippen LogP contribution >= 0.6 is 0 Å². The van der Waals surface area contributed by atoms with Gasteiger partial charge in [0.15, 0.2) is 0 Å². The van der Waals surface area contributed by atoms with Gasteiger partial charge in [-0.2, -0.15) is 0 Å². The number of benzene rings is 1. The van der Waals surface area contributed by atoms with E-state index in [1.165, 1.54) is 4.90 Å². The fourth-order valence-electron chi connectivity index (χ4n) is 2.72. The highest BCUT2D eigenvalue weighted by molar-refractivity contribution is 6.41. The Morgan fingerprint density at radius 1 is 1.18 bits per heavy atom. The number of rotatable bonds is 0. The number of amides is 2. The second-order valence-electron chi connectivity index (χ2n) is 4.68. The zero-order valence-electron chi connectivity index (χ0n) is 9.72. The molecular weight excluding hydrogens is 216 g/mol. The third-order valence-electron chi connectivity index (χ3n) is 3.60. The minimum atomic E-state index is -0.405. The lowest BCUT2D eigenvalue weighted by atomic mass is 9.93. The molecule has 0 bridgehead atoms. The van der Waals surface area contributed by atoms with Gasteiger partial charge < -0.3 is 4.90 Å². The molecule has 0 radical (unpaired) electrons. The van der Waals surface area contributed by atoms with Gasteiger partial charge >= 0.3 is 11.8 Å². The smallest absolute Gasteiger partial charge is 0.316 e. The minimum Gasteiger partial charge on any atom is -0.335 e. The number of anilines is 1. The van der Waals surface area contributed by atoms with E-state index in [1.54, 1.807) is 11.9 Å². The first-order chi connectivity index (χ1) is 8.18. The van der Waals surface area contributed by atoms with Crippen LogP contribution in [0.2, 0.25) is 0 Å². The fourth-order valence-corrected chi connectivity index (χ4v) is 2.72. The summed E-state index contributed by atoms with van der Waals surface area (Å²) < 4.78 is 0. The maximum atomic E-state index is 12.1. The maximum Gasteiger partial charge on any atom is 0.316 e. The van der Waals surface area contributed by atoms with E-state index in [1.807, 2.05) is 24.3 Å². The van der Waals surface area contributed by atoms with Crippen molar-refractivity contribution in [3.05, 3.63) is 29.8 Å². The number of nitrogens with zero attached hydrogens (tertiary/aromatic N) is 2. The molecule has 1 aromatic carbocycles. The molecule has 0 aliphatic carbocycles. The van der Waals surface area contributed by atoms with Gasteiger partial charge in [0.05, 0.1) is 6.04 Å². The third-order valence-corrected chi connectivity index (χ3v) is 3.60. The van der Waals surface area contributed by atoms with Gasteiger partial charge in [-0.15, -0.1) is 0 Å². The van der Waals surface area contributed by atoms with E-state index >= 15 is 0 Å². The highest BCUT2D eigenvalue weighted by Gasteiger charge is 2.40. The first-order valence-electron chi connectivity index (χ1n) is 5.85. The number of hydrogen-bond donors (Lipinski definition) is 0. The SMILES string of the molecule is CN1C[C@H]2CCc3ccccc3N2C(=O)C1=O. The summed E-state index contributed by atoms with van der Waals surface area (Å²) >= 11 is 0. The minimum absolute atomic E-state index is 0.139. The second kappa shape index (κ2) is 3.58. The first-order valence-corrected chi connectivity index (χ1v) is 5.85. The monoisotopic (exact) mass is 230 g/mol. The van der Waals surface area contributed by atoms with E-state index in [4.69, 9.17) is 0 Å². The highest BCUT2D eigenvalue weighted by Crippen LogP contribution is 2.32. The van der Waals surface area contributed by atoms with Crippen molar-refractivity contribution in [2.45, 2.75) is 18.9 Å². The largest absolute Gasteiger partial charge is 0.335 e. The van der Waals surface area contributed by atoms with Gasteiger partial charge in [0.1, 0.15) is 0 Å². The molecule has 4 nitrogen and oxygen atoms in total. The molecule has 3 rings (SSSR count). The van der Waals surface area contributed by atoms with Crippen LogP contribution in [0.4, 0.5) is 5.69 Å². The van der Waals surface area contributed by atoms with Crippen molar-refractivity contribution in [2.75, 3.05) is 18.5 Å². The Bertz CT molecular complexity index is 498. The summed E-state index contributed by atoms with van der Waals surface area (Å²) in [5, 5.41) is 0. The fraction of sp³-hybridized carbons (Fsp3) is 0.385.